The highest BCUT2D eigenvalue weighted by Crippen LogP contribution is 2.14. The number of halogens is 1. The smallest absolute Gasteiger partial charge is 0.0534 e. The van der Waals surface area contributed by atoms with Gasteiger partial charge in [-0.25, -0.2) is 0 Å². The van der Waals surface area contributed by atoms with Crippen molar-refractivity contribution < 1.29 is 0 Å². The summed E-state index contributed by atoms with van der Waals surface area (Å²) in [6.07, 6.45) is 3.86. The van der Waals surface area contributed by atoms with E-state index in [0.717, 1.165) is 23.7 Å². The minimum atomic E-state index is 0.772. The molecule has 0 unspecified atom stereocenters. The van der Waals surface area contributed by atoms with Crippen LogP contribution >= 0.6 is 11.6 Å². The fraction of sp³-hybridized carbons (Fsp3) is 0.250. The van der Waals surface area contributed by atoms with Crippen LogP contribution in [0.3, 0.4) is 0 Å². The third-order valence-electron chi connectivity index (χ3n) is 2.36. The molecule has 1 N–H and O–H groups in total. The summed E-state index contributed by atoms with van der Waals surface area (Å²) >= 11 is 6.05. The first-order valence-corrected chi connectivity index (χ1v) is 5.55. The van der Waals surface area contributed by atoms with Gasteiger partial charge in [0.25, 0.3) is 0 Å². The zero-order valence-electron chi connectivity index (χ0n) is 9.15. The fourth-order valence-electron chi connectivity index (χ4n) is 1.55. The quantitative estimate of drug-likeness (QED) is 0.882. The molecule has 0 atom stereocenters. The van der Waals surface area contributed by atoms with E-state index < -0.39 is 0 Å². The first kappa shape index (κ1) is 11.2. The van der Waals surface area contributed by atoms with Gasteiger partial charge in [0.2, 0.25) is 0 Å². The molecule has 0 bridgehead atoms. The number of aryl methyl sites for hydroxylation is 1. The van der Waals surface area contributed by atoms with Crippen LogP contribution in [0.5, 0.6) is 0 Å². The Balaban J connectivity index is 1.87. The molecule has 0 aliphatic carbocycles. The summed E-state index contributed by atoms with van der Waals surface area (Å²) in [5.41, 5.74) is 2.29. The molecule has 16 heavy (non-hydrogen) atoms. The molecule has 1 heterocycles. The molecule has 0 saturated heterocycles. The number of hydrogen-bond acceptors (Lipinski definition) is 2. The molecule has 1 aromatic carbocycles. The van der Waals surface area contributed by atoms with Crippen LogP contribution in [0.1, 0.15) is 11.1 Å². The summed E-state index contributed by atoms with van der Waals surface area (Å²) in [4.78, 5) is 0. The predicted molar refractivity (Wildman–Crippen MR) is 65.2 cm³/mol. The van der Waals surface area contributed by atoms with Gasteiger partial charge in [-0.3, -0.25) is 4.68 Å². The van der Waals surface area contributed by atoms with Crippen molar-refractivity contribution in [2.24, 2.45) is 7.05 Å². The van der Waals surface area contributed by atoms with Crippen LogP contribution in [0.25, 0.3) is 0 Å². The van der Waals surface area contributed by atoms with Crippen LogP contribution < -0.4 is 5.32 Å². The van der Waals surface area contributed by atoms with Crippen LogP contribution in [0.2, 0.25) is 5.02 Å². The third kappa shape index (κ3) is 2.84. The number of aromatic nitrogens is 2. The molecule has 3 nitrogen and oxygen atoms in total. The van der Waals surface area contributed by atoms with E-state index in [4.69, 9.17) is 11.6 Å². The highest BCUT2D eigenvalue weighted by Gasteiger charge is 1.99. The molecule has 1 aromatic heterocycles. The monoisotopic (exact) mass is 235 g/mol. The second kappa shape index (κ2) is 5.14. The summed E-state index contributed by atoms with van der Waals surface area (Å²) < 4.78 is 1.80. The molecule has 2 rings (SSSR count). The molecule has 0 radical (unpaired) electrons. The predicted octanol–water partition coefficient (Wildman–Crippen LogP) is 2.36. The van der Waals surface area contributed by atoms with Crippen molar-refractivity contribution in [3.8, 4) is 0 Å². The SMILES string of the molecule is Cn1cc(CNCc2ccccc2Cl)cn1. The Labute approximate surface area is 100 Å². The minimum absolute atomic E-state index is 0.772. The van der Waals surface area contributed by atoms with Gasteiger partial charge in [0.1, 0.15) is 0 Å². The normalized spacial score (nSPS) is 10.6. The minimum Gasteiger partial charge on any atom is -0.308 e. The third-order valence-corrected chi connectivity index (χ3v) is 2.73. The summed E-state index contributed by atoms with van der Waals surface area (Å²) in [7, 11) is 1.91. The summed E-state index contributed by atoms with van der Waals surface area (Å²) in [6, 6.07) is 7.86. The highest BCUT2D eigenvalue weighted by atomic mass is 35.5. The van der Waals surface area contributed by atoms with E-state index in [1.165, 1.54) is 5.56 Å². The van der Waals surface area contributed by atoms with Crippen molar-refractivity contribution in [3.63, 3.8) is 0 Å². The Morgan fingerprint density at radius 2 is 2.12 bits per heavy atom. The average Bonchev–Trinajstić information content (AvgIpc) is 2.67. The van der Waals surface area contributed by atoms with Gasteiger partial charge in [0, 0.05) is 36.9 Å². The molecular formula is C12H14ClN3. The van der Waals surface area contributed by atoms with Crippen molar-refractivity contribution >= 4 is 11.6 Å². The standard InChI is InChI=1S/C12H14ClN3/c1-16-9-10(7-15-16)6-14-8-11-4-2-3-5-12(11)13/h2-5,7,9,14H,6,8H2,1H3. The molecule has 0 fully saturated rings. The Morgan fingerprint density at radius 1 is 1.31 bits per heavy atom. The molecule has 0 saturated carbocycles. The van der Waals surface area contributed by atoms with Crippen LogP contribution in [-0.4, -0.2) is 9.78 Å². The summed E-state index contributed by atoms with van der Waals surface area (Å²) in [6.45, 7) is 1.58. The van der Waals surface area contributed by atoms with Crippen molar-refractivity contribution in [2.45, 2.75) is 13.1 Å². The lowest BCUT2D eigenvalue weighted by Gasteiger charge is -2.04. The van der Waals surface area contributed by atoms with E-state index in [1.807, 2.05) is 43.7 Å². The summed E-state index contributed by atoms with van der Waals surface area (Å²) in [5.74, 6) is 0. The maximum absolute atomic E-state index is 6.05. The zero-order chi connectivity index (χ0) is 11.4. The van der Waals surface area contributed by atoms with Crippen LogP contribution in [0.4, 0.5) is 0 Å². The van der Waals surface area contributed by atoms with Gasteiger partial charge in [0.05, 0.1) is 6.20 Å². The molecule has 4 heteroatoms. The maximum Gasteiger partial charge on any atom is 0.0534 e. The second-order valence-electron chi connectivity index (χ2n) is 3.72. The number of benzene rings is 1. The summed E-state index contributed by atoms with van der Waals surface area (Å²) in [5, 5.41) is 8.25. The van der Waals surface area contributed by atoms with E-state index in [-0.39, 0.29) is 0 Å². The topological polar surface area (TPSA) is 29.9 Å². The van der Waals surface area contributed by atoms with Gasteiger partial charge in [-0.05, 0) is 11.6 Å². The van der Waals surface area contributed by atoms with Gasteiger partial charge in [-0.15, -0.1) is 0 Å². The lowest BCUT2D eigenvalue weighted by atomic mass is 10.2. The van der Waals surface area contributed by atoms with Crippen molar-refractivity contribution in [2.75, 3.05) is 0 Å². The van der Waals surface area contributed by atoms with E-state index in [2.05, 4.69) is 10.4 Å². The molecule has 2 aromatic rings. The van der Waals surface area contributed by atoms with Crippen LogP contribution in [0.15, 0.2) is 36.7 Å². The number of nitrogens with one attached hydrogen (secondary N) is 1. The van der Waals surface area contributed by atoms with Gasteiger partial charge in [-0.2, -0.15) is 5.10 Å². The number of rotatable bonds is 4. The Morgan fingerprint density at radius 3 is 2.81 bits per heavy atom. The second-order valence-corrected chi connectivity index (χ2v) is 4.12. The van der Waals surface area contributed by atoms with Crippen LogP contribution in [0, 0.1) is 0 Å². The van der Waals surface area contributed by atoms with Crippen LogP contribution in [-0.2, 0) is 20.1 Å². The van der Waals surface area contributed by atoms with E-state index >= 15 is 0 Å². The average molecular weight is 236 g/mol. The zero-order valence-corrected chi connectivity index (χ0v) is 9.91. The number of hydrogen-bond donors (Lipinski definition) is 1. The largest absolute Gasteiger partial charge is 0.308 e. The Kier molecular flexibility index (Phi) is 3.59. The lowest BCUT2D eigenvalue weighted by Crippen LogP contribution is -2.12. The molecule has 0 amide bonds. The van der Waals surface area contributed by atoms with Crippen molar-refractivity contribution in [1.29, 1.82) is 0 Å². The van der Waals surface area contributed by atoms with Crippen molar-refractivity contribution in [3.05, 3.63) is 52.8 Å². The van der Waals surface area contributed by atoms with Crippen molar-refractivity contribution in [1.82, 2.24) is 15.1 Å². The fourth-order valence-corrected chi connectivity index (χ4v) is 1.75. The van der Waals surface area contributed by atoms with E-state index in [9.17, 15) is 0 Å². The van der Waals surface area contributed by atoms with E-state index in [1.54, 1.807) is 4.68 Å². The highest BCUT2D eigenvalue weighted by molar-refractivity contribution is 6.31. The number of nitrogens with zero attached hydrogens (tertiary/aromatic N) is 2. The molecule has 0 aliphatic rings. The molecule has 0 spiro atoms. The van der Waals surface area contributed by atoms with E-state index in [0.29, 0.717) is 0 Å². The Hall–Kier alpha value is -1.32. The lowest BCUT2D eigenvalue weighted by molar-refractivity contribution is 0.692. The molecule has 84 valence electrons. The van der Waals surface area contributed by atoms with Gasteiger partial charge in [-0.1, -0.05) is 29.8 Å². The van der Waals surface area contributed by atoms with Gasteiger partial charge >= 0.3 is 0 Å². The van der Waals surface area contributed by atoms with Gasteiger partial charge in [0.15, 0.2) is 0 Å². The first-order valence-electron chi connectivity index (χ1n) is 5.17. The maximum atomic E-state index is 6.05. The molecular weight excluding hydrogens is 222 g/mol. The van der Waals surface area contributed by atoms with Gasteiger partial charge < -0.3 is 5.32 Å². The molecule has 0 aliphatic heterocycles. The Bertz CT molecular complexity index is 465. The first-order chi connectivity index (χ1) is 7.75.